The van der Waals surface area contributed by atoms with E-state index in [-0.39, 0.29) is 5.25 Å². The van der Waals surface area contributed by atoms with E-state index in [1.165, 1.54) is 37.7 Å². The third-order valence-corrected chi connectivity index (χ3v) is 7.45. The first-order valence-corrected chi connectivity index (χ1v) is 10.1. The van der Waals surface area contributed by atoms with Crippen LogP contribution in [0.25, 0.3) is 0 Å². The molecule has 3 nitrogen and oxygen atoms in total. The molecular formula is C14H24O3S2. The molecule has 1 saturated carbocycles. The first-order chi connectivity index (χ1) is 9.25. The third-order valence-electron chi connectivity index (χ3n) is 3.79. The van der Waals surface area contributed by atoms with Crippen LogP contribution in [0.2, 0.25) is 0 Å². The second kappa shape index (κ2) is 8.20. The Hall–Kier alpha value is -0.160. The molecule has 0 amide bonds. The lowest BCUT2D eigenvalue weighted by Crippen LogP contribution is -2.33. The van der Waals surface area contributed by atoms with Crippen molar-refractivity contribution in [2.45, 2.75) is 50.2 Å². The van der Waals surface area contributed by atoms with Gasteiger partial charge in [0.25, 0.3) is 0 Å². The van der Waals surface area contributed by atoms with Gasteiger partial charge in [-0.3, -0.25) is 8.42 Å². The average molecular weight is 304 g/mol. The van der Waals surface area contributed by atoms with E-state index in [1.807, 2.05) is 6.26 Å². The molecule has 0 aromatic heterocycles. The predicted molar refractivity (Wildman–Crippen MR) is 81.0 cm³/mol. The van der Waals surface area contributed by atoms with Crippen molar-refractivity contribution in [2.75, 3.05) is 23.9 Å². The Morgan fingerprint density at radius 2 is 1.95 bits per heavy atom. The zero-order valence-electron chi connectivity index (χ0n) is 11.5. The minimum absolute atomic E-state index is 0.125. The van der Waals surface area contributed by atoms with Gasteiger partial charge in [0.2, 0.25) is 0 Å². The fourth-order valence-corrected chi connectivity index (χ4v) is 6.59. The SMILES string of the molecule is O=S1CCS(=O)C(CCCOC=C2CCCCC2)C1. The topological polar surface area (TPSA) is 43.4 Å². The van der Waals surface area contributed by atoms with Crippen LogP contribution in [-0.4, -0.2) is 37.5 Å². The predicted octanol–water partition coefficient (Wildman–Crippen LogP) is 2.51. The Balaban J connectivity index is 1.60. The van der Waals surface area contributed by atoms with Crippen molar-refractivity contribution in [1.82, 2.24) is 0 Å². The lowest BCUT2D eigenvalue weighted by Gasteiger charge is -2.20. The van der Waals surface area contributed by atoms with Crippen LogP contribution < -0.4 is 0 Å². The molecule has 1 aliphatic heterocycles. The molecule has 2 rings (SSSR count). The van der Waals surface area contributed by atoms with Gasteiger partial charge in [-0.15, -0.1) is 0 Å². The first-order valence-electron chi connectivity index (χ1n) is 7.27. The molecule has 19 heavy (non-hydrogen) atoms. The summed E-state index contributed by atoms with van der Waals surface area (Å²) < 4.78 is 28.8. The van der Waals surface area contributed by atoms with Gasteiger partial charge in [-0.05, 0) is 44.1 Å². The highest BCUT2D eigenvalue weighted by molar-refractivity contribution is 7.92. The Bertz CT molecular complexity index is 358. The van der Waals surface area contributed by atoms with Crippen molar-refractivity contribution < 1.29 is 13.2 Å². The average Bonchev–Trinajstić information content (AvgIpc) is 2.43. The van der Waals surface area contributed by atoms with Crippen LogP contribution in [0.1, 0.15) is 44.9 Å². The minimum atomic E-state index is -0.772. The Kier molecular flexibility index (Phi) is 6.57. The molecule has 0 aromatic rings. The van der Waals surface area contributed by atoms with E-state index >= 15 is 0 Å². The van der Waals surface area contributed by atoms with E-state index in [9.17, 15) is 8.42 Å². The Morgan fingerprint density at radius 3 is 2.74 bits per heavy atom. The largest absolute Gasteiger partial charge is 0.501 e. The summed E-state index contributed by atoms with van der Waals surface area (Å²) in [6, 6.07) is 0. The molecule has 3 unspecified atom stereocenters. The maximum atomic E-state index is 11.8. The molecule has 1 heterocycles. The highest BCUT2D eigenvalue weighted by Crippen LogP contribution is 2.22. The number of hydrogen-bond donors (Lipinski definition) is 0. The molecule has 0 bridgehead atoms. The van der Waals surface area contributed by atoms with E-state index in [0.29, 0.717) is 23.9 Å². The van der Waals surface area contributed by atoms with E-state index in [0.717, 1.165) is 12.8 Å². The van der Waals surface area contributed by atoms with Crippen molar-refractivity contribution >= 4 is 21.6 Å². The summed E-state index contributed by atoms with van der Waals surface area (Å²) >= 11 is 0. The molecule has 1 saturated heterocycles. The van der Waals surface area contributed by atoms with Gasteiger partial charge in [-0.2, -0.15) is 0 Å². The molecule has 0 N–H and O–H groups in total. The van der Waals surface area contributed by atoms with Crippen LogP contribution in [0, 0.1) is 0 Å². The van der Waals surface area contributed by atoms with Gasteiger partial charge in [0.05, 0.1) is 12.9 Å². The van der Waals surface area contributed by atoms with E-state index in [2.05, 4.69) is 0 Å². The summed E-state index contributed by atoms with van der Waals surface area (Å²) in [6.07, 6.45) is 10.0. The highest BCUT2D eigenvalue weighted by atomic mass is 32.2. The maximum Gasteiger partial charge on any atom is 0.0873 e. The van der Waals surface area contributed by atoms with Gasteiger partial charge in [0.15, 0.2) is 0 Å². The standard InChI is InChI=1S/C14H24O3S2/c15-18-9-10-19(16)14(12-18)7-4-8-17-11-13-5-2-1-3-6-13/h11,14H,1-10,12H2. The highest BCUT2D eigenvalue weighted by Gasteiger charge is 2.24. The van der Waals surface area contributed by atoms with Crippen LogP contribution in [0.3, 0.4) is 0 Å². The van der Waals surface area contributed by atoms with Gasteiger partial charge in [0.1, 0.15) is 0 Å². The van der Waals surface area contributed by atoms with Crippen molar-refractivity contribution in [1.29, 1.82) is 0 Å². The number of allylic oxidation sites excluding steroid dienone is 1. The maximum absolute atomic E-state index is 11.8. The zero-order valence-corrected chi connectivity index (χ0v) is 13.1. The molecule has 0 aromatic carbocycles. The van der Waals surface area contributed by atoms with Crippen LogP contribution in [0.5, 0.6) is 0 Å². The molecular weight excluding hydrogens is 280 g/mol. The summed E-state index contributed by atoms with van der Waals surface area (Å²) in [5.41, 5.74) is 1.44. The molecule has 2 aliphatic rings. The van der Waals surface area contributed by atoms with Crippen molar-refractivity contribution in [3.63, 3.8) is 0 Å². The lowest BCUT2D eigenvalue weighted by atomic mass is 9.96. The van der Waals surface area contributed by atoms with Crippen LogP contribution in [0.4, 0.5) is 0 Å². The Labute approximate surface area is 121 Å². The monoisotopic (exact) mass is 304 g/mol. The number of hydrogen-bond acceptors (Lipinski definition) is 3. The number of rotatable bonds is 5. The summed E-state index contributed by atoms with van der Waals surface area (Å²) in [7, 11) is -1.52. The zero-order chi connectivity index (χ0) is 13.5. The second-order valence-electron chi connectivity index (χ2n) is 5.37. The fourth-order valence-electron chi connectivity index (χ4n) is 2.62. The van der Waals surface area contributed by atoms with Gasteiger partial charge in [-0.1, -0.05) is 6.42 Å². The van der Waals surface area contributed by atoms with Gasteiger partial charge in [-0.25, -0.2) is 0 Å². The fraction of sp³-hybridized carbons (Fsp3) is 0.857. The van der Waals surface area contributed by atoms with Crippen LogP contribution >= 0.6 is 0 Å². The minimum Gasteiger partial charge on any atom is -0.501 e. The van der Waals surface area contributed by atoms with E-state index in [1.54, 1.807) is 0 Å². The summed E-state index contributed by atoms with van der Waals surface area (Å²) in [4.78, 5) is 0. The molecule has 1 aliphatic carbocycles. The van der Waals surface area contributed by atoms with E-state index in [4.69, 9.17) is 4.74 Å². The Morgan fingerprint density at radius 1 is 1.16 bits per heavy atom. The molecule has 110 valence electrons. The number of ether oxygens (including phenoxy) is 1. The van der Waals surface area contributed by atoms with Crippen molar-refractivity contribution in [3.05, 3.63) is 11.8 Å². The quantitative estimate of drug-likeness (QED) is 0.579. The summed E-state index contributed by atoms with van der Waals surface area (Å²) in [5, 5.41) is 0.125. The molecule has 0 radical (unpaired) electrons. The lowest BCUT2D eigenvalue weighted by molar-refractivity contribution is 0.236. The van der Waals surface area contributed by atoms with Crippen LogP contribution in [0.15, 0.2) is 11.8 Å². The third kappa shape index (κ3) is 5.38. The first kappa shape index (κ1) is 15.2. The molecule has 0 spiro atoms. The molecule has 3 atom stereocenters. The van der Waals surface area contributed by atoms with E-state index < -0.39 is 21.6 Å². The summed E-state index contributed by atoms with van der Waals surface area (Å²) in [6.45, 7) is 0.698. The smallest absolute Gasteiger partial charge is 0.0873 e. The molecule has 5 heteroatoms. The summed E-state index contributed by atoms with van der Waals surface area (Å²) in [5.74, 6) is 1.85. The van der Waals surface area contributed by atoms with Gasteiger partial charge < -0.3 is 4.74 Å². The van der Waals surface area contributed by atoms with Gasteiger partial charge in [0, 0.05) is 44.1 Å². The normalized spacial score (nSPS) is 32.0. The van der Waals surface area contributed by atoms with Crippen molar-refractivity contribution in [2.24, 2.45) is 0 Å². The van der Waals surface area contributed by atoms with Crippen molar-refractivity contribution in [3.8, 4) is 0 Å². The van der Waals surface area contributed by atoms with Crippen LogP contribution in [-0.2, 0) is 26.3 Å². The second-order valence-corrected chi connectivity index (χ2v) is 8.82. The van der Waals surface area contributed by atoms with Gasteiger partial charge >= 0.3 is 0 Å². The molecule has 2 fully saturated rings.